The predicted molar refractivity (Wildman–Crippen MR) is 232 cm³/mol. The SMILES string of the molecule is C=CC1=C(C)c2cc3[nH]c(cc4[nH]c(cc5nc(cc1n2)C(C)=C5CC(=O)O)c(C(=O)NC[C@H]1O[C@@H](O[C@H]2[C@H](O)[C@@H](O)[C@H](C)O[C@@H]2CN)[C@H](O)[C@@H](O)[C@@H]1OC)c4C)c(C)c3C=C. The monoisotopic (exact) mass is 854 g/mol. The molecule has 3 aromatic rings. The summed E-state index contributed by atoms with van der Waals surface area (Å²) < 4.78 is 23.3. The molecule has 10 N–H and O–H groups in total. The maximum Gasteiger partial charge on any atom is 0.307 e. The second-order valence-corrected chi connectivity index (χ2v) is 16.0. The van der Waals surface area contributed by atoms with E-state index in [2.05, 4.69) is 28.4 Å². The molecule has 1 amide bonds. The van der Waals surface area contributed by atoms with E-state index in [9.17, 15) is 35.1 Å². The van der Waals surface area contributed by atoms with Crippen LogP contribution in [0.3, 0.4) is 0 Å². The number of ether oxygens (including phenoxy) is 4. The number of nitrogens with two attached hydrogens (primary N) is 1. The molecule has 17 nitrogen and oxygen atoms in total. The van der Waals surface area contributed by atoms with E-state index in [1.807, 2.05) is 26.0 Å². The molecule has 8 bridgehead atoms. The number of aliphatic hydroxyl groups is 4. The summed E-state index contributed by atoms with van der Waals surface area (Å²) in [4.78, 5) is 43.4. The fraction of sp³-hybridized carbons (Fsp3) is 0.422. The highest BCUT2D eigenvalue weighted by Crippen LogP contribution is 2.37. The number of carboxylic acids is 1. The highest BCUT2D eigenvalue weighted by Gasteiger charge is 2.50. The molecule has 62 heavy (non-hydrogen) atoms. The van der Waals surface area contributed by atoms with Crippen LogP contribution < -0.4 is 11.1 Å². The highest BCUT2D eigenvalue weighted by atomic mass is 16.7. The third kappa shape index (κ3) is 8.07. The largest absolute Gasteiger partial charge is 0.481 e. The molecule has 4 aliphatic rings. The van der Waals surface area contributed by atoms with Gasteiger partial charge in [0.2, 0.25) is 0 Å². The van der Waals surface area contributed by atoms with Gasteiger partial charge in [0.1, 0.15) is 42.7 Å². The van der Waals surface area contributed by atoms with Gasteiger partial charge in [-0.3, -0.25) is 9.59 Å². The van der Waals surface area contributed by atoms with Crippen molar-refractivity contribution in [3.8, 4) is 0 Å². The number of allylic oxidation sites excluding steroid dienone is 4. The standard InChI is InChI=1S/C45H54N6O11/c1-9-23-18(3)26-12-29-21(6)37(44(58)47-17-35-42(59-8)40(56)41(57)45(61-35)62-43-34(16-46)60-22(7)38(54)39(43)55)33(51-29)15-32-25(11-36(52)53)20(5)28(50-32)14-31-24(10-2)19(4)27(49-31)13-30(23)48-26/h9-10,12-15,22,34-35,38-43,45,48,51,54-57H,1-2,11,16-17,46H2,3-8H3,(H,47,58)(H,52,53)/t22-,34+,35+,38-,39+,40+,41+,42+,43+,45-/m0/s1. The Hall–Kier alpha value is -5.34. The molecule has 17 heteroatoms. The summed E-state index contributed by atoms with van der Waals surface area (Å²) in [5.74, 6) is -1.62. The molecular weight excluding hydrogens is 801 g/mol. The summed E-state index contributed by atoms with van der Waals surface area (Å²) in [5.41, 5.74) is 15.8. The van der Waals surface area contributed by atoms with Crippen LogP contribution in [0.4, 0.5) is 0 Å². The van der Waals surface area contributed by atoms with Crippen molar-refractivity contribution < 1.29 is 54.1 Å². The molecule has 0 saturated carbocycles. The third-order valence-corrected chi connectivity index (χ3v) is 12.3. The average molecular weight is 855 g/mol. The fourth-order valence-electron chi connectivity index (χ4n) is 8.67. The summed E-state index contributed by atoms with van der Waals surface area (Å²) in [6.45, 7) is 16.8. The lowest BCUT2D eigenvalue weighted by Crippen LogP contribution is -2.65. The number of aryl methyl sites for hydroxylation is 2. The molecule has 2 saturated heterocycles. The number of carbonyl (C=O) groups excluding carboxylic acids is 1. The number of amides is 1. The molecule has 7 heterocycles. The maximum absolute atomic E-state index is 14.5. The van der Waals surface area contributed by atoms with Gasteiger partial charge >= 0.3 is 5.97 Å². The number of aliphatic hydroxyl groups excluding tert-OH is 4. The smallest absolute Gasteiger partial charge is 0.307 e. The minimum atomic E-state index is -1.66. The Bertz CT molecular complexity index is 2540. The zero-order valence-corrected chi connectivity index (χ0v) is 35.4. The zero-order valence-electron chi connectivity index (χ0n) is 35.4. The van der Waals surface area contributed by atoms with Crippen molar-refractivity contribution in [2.75, 3.05) is 20.2 Å². The van der Waals surface area contributed by atoms with Gasteiger partial charge in [-0.25, -0.2) is 9.97 Å². The lowest BCUT2D eigenvalue weighted by molar-refractivity contribution is -0.337. The molecule has 0 aliphatic carbocycles. The van der Waals surface area contributed by atoms with E-state index < -0.39 is 73.1 Å². The van der Waals surface area contributed by atoms with Crippen LogP contribution in [0.25, 0.3) is 50.4 Å². The lowest BCUT2D eigenvalue weighted by Gasteiger charge is -2.46. The first kappa shape index (κ1) is 44.7. The van der Waals surface area contributed by atoms with E-state index in [-0.39, 0.29) is 25.1 Å². The topological polar surface area (TPSA) is 268 Å². The zero-order chi connectivity index (χ0) is 44.9. The summed E-state index contributed by atoms with van der Waals surface area (Å²) >= 11 is 0. The van der Waals surface area contributed by atoms with Gasteiger partial charge < -0.3 is 65.5 Å². The Morgan fingerprint density at radius 3 is 2.11 bits per heavy atom. The van der Waals surface area contributed by atoms with Crippen LogP contribution in [0.15, 0.2) is 43.5 Å². The molecule has 0 radical (unpaired) electrons. The number of aromatic amines is 2. The van der Waals surface area contributed by atoms with Gasteiger partial charge in [-0.15, -0.1) is 0 Å². The van der Waals surface area contributed by atoms with E-state index in [4.69, 9.17) is 34.6 Å². The lowest BCUT2D eigenvalue weighted by atomic mass is 9.94. The van der Waals surface area contributed by atoms with Gasteiger partial charge in [0, 0.05) is 47.9 Å². The average Bonchev–Trinajstić information content (AvgIpc) is 3.91. The maximum atomic E-state index is 14.5. The van der Waals surface area contributed by atoms with Gasteiger partial charge in [-0.2, -0.15) is 0 Å². The van der Waals surface area contributed by atoms with Crippen LogP contribution in [0.5, 0.6) is 0 Å². The highest BCUT2D eigenvalue weighted by molar-refractivity contribution is 6.06. The van der Waals surface area contributed by atoms with Crippen LogP contribution in [0, 0.1) is 13.8 Å². The Kier molecular flexibility index (Phi) is 12.8. The molecule has 0 unspecified atom stereocenters. The molecular formula is C45H54N6O11. The number of carbonyl (C=O) groups is 2. The molecule has 0 spiro atoms. The Labute approximate surface area is 357 Å². The van der Waals surface area contributed by atoms with Crippen LogP contribution in [-0.4, -0.2) is 139 Å². The van der Waals surface area contributed by atoms with Crippen LogP contribution in [0.2, 0.25) is 0 Å². The van der Waals surface area contributed by atoms with Crippen molar-refractivity contribution in [3.63, 3.8) is 0 Å². The molecule has 2 fully saturated rings. The van der Waals surface area contributed by atoms with Crippen molar-refractivity contribution in [2.45, 2.75) is 102 Å². The number of fused-ring (bicyclic) bond motifs is 8. The number of carboxylic acid groups (broad SMARTS) is 1. The number of rotatable bonds is 11. The fourth-order valence-corrected chi connectivity index (χ4v) is 8.67. The van der Waals surface area contributed by atoms with E-state index in [0.717, 1.165) is 33.3 Å². The number of methoxy groups -OCH3 is 1. The number of nitrogens with zero attached hydrogens (tertiary/aromatic N) is 2. The van der Waals surface area contributed by atoms with Crippen molar-refractivity contribution >= 4 is 62.3 Å². The number of hydrogen-bond donors (Lipinski definition) is 9. The molecule has 3 aromatic heterocycles. The second kappa shape index (κ2) is 17.8. The normalized spacial score (nSPS) is 27.7. The van der Waals surface area contributed by atoms with Gasteiger partial charge in [-0.1, -0.05) is 25.3 Å². The molecule has 10 atom stereocenters. The Morgan fingerprint density at radius 1 is 0.806 bits per heavy atom. The van der Waals surface area contributed by atoms with Gasteiger partial charge in [-0.05, 0) is 86.7 Å². The third-order valence-electron chi connectivity index (χ3n) is 12.3. The minimum Gasteiger partial charge on any atom is -0.481 e. The van der Waals surface area contributed by atoms with E-state index in [0.29, 0.717) is 50.5 Å². The van der Waals surface area contributed by atoms with E-state index in [1.54, 1.807) is 45.1 Å². The van der Waals surface area contributed by atoms with Crippen molar-refractivity contribution in [3.05, 3.63) is 88.5 Å². The number of nitrogens with one attached hydrogen (secondary N) is 3. The Balaban J connectivity index is 1.32. The molecule has 330 valence electrons. The van der Waals surface area contributed by atoms with Crippen molar-refractivity contribution in [1.29, 1.82) is 0 Å². The molecule has 7 rings (SSSR count). The number of H-pyrrole nitrogens is 2. The number of hydrogen-bond acceptors (Lipinski definition) is 13. The van der Waals surface area contributed by atoms with Crippen LogP contribution >= 0.6 is 0 Å². The van der Waals surface area contributed by atoms with E-state index >= 15 is 0 Å². The first-order valence-corrected chi connectivity index (χ1v) is 20.3. The van der Waals surface area contributed by atoms with Crippen LogP contribution in [-0.2, 0) is 23.7 Å². The predicted octanol–water partition coefficient (Wildman–Crippen LogP) is 3.14. The number of aromatic nitrogens is 4. The summed E-state index contributed by atoms with van der Waals surface area (Å²) in [6, 6.07) is 7.27. The van der Waals surface area contributed by atoms with Gasteiger partial charge in [0.15, 0.2) is 6.29 Å². The first-order chi connectivity index (χ1) is 29.5. The Morgan fingerprint density at radius 2 is 1.45 bits per heavy atom. The van der Waals surface area contributed by atoms with Gasteiger partial charge in [0.05, 0.1) is 52.5 Å². The number of aliphatic carboxylic acids is 1. The van der Waals surface area contributed by atoms with Crippen molar-refractivity contribution in [1.82, 2.24) is 25.3 Å². The summed E-state index contributed by atoms with van der Waals surface area (Å²) in [7, 11) is 1.32. The molecule has 0 aromatic carbocycles. The van der Waals surface area contributed by atoms with Crippen LogP contribution in [0.1, 0.15) is 77.0 Å². The van der Waals surface area contributed by atoms with Crippen molar-refractivity contribution in [2.24, 2.45) is 5.73 Å². The second-order valence-electron chi connectivity index (χ2n) is 16.0. The summed E-state index contributed by atoms with van der Waals surface area (Å²) in [5, 5.41) is 56.5. The first-order valence-electron chi connectivity index (χ1n) is 20.3. The van der Waals surface area contributed by atoms with E-state index in [1.165, 1.54) is 7.11 Å². The molecule has 4 aliphatic heterocycles. The quantitative estimate of drug-likeness (QED) is 0.134. The minimum absolute atomic E-state index is 0.0864. The van der Waals surface area contributed by atoms with Gasteiger partial charge in [0.25, 0.3) is 5.91 Å². The summed E-state index contributed by atoms with van der Waals surface area (Å²) in [6.07, 6.45) is -9.48.